The van der Waals surface area contributed by atoms with E-state index in [0.29, 0.717) is 17.3 Å². The average Bonchev–Trinajstić information content (AvgIpc) is 2.72. The van der Waals surface area contributed by atoms with E-state index in [9.17, 15) is 4.39 Å². The van der Waals surface area contributed by atoms with Crippen LogP contribution in [0.3, 0.4) is 0 Å². The van der Waals surface area contributed by atoms with E-state index >= 15 is 0 Å². The average molecular weight is 226 g/mol. The number of nitrogens with one attached hydrogen (secondary N) is 1. The number of benzene rings is 1. The van der Waals surface area contributed by atoms with Crippen LogP contribution in [0.25, 0.3) is 0 Å². The summed E-state index contributed by atoms with van der Waals surface area (Å²) < 4.78 is 18.4. The molecule has 78 valence electrons. The standard InChI is InChI=1S/C11H9ClFNO/c12-8-3-4-10(13)11(6-8)14-7-9-2-1-5-15-9/h1-6,14H,7H2. The number of halogens is 2. The molecule has 0 fully saturated rings. The maximum atomic E-state index is 13.2. The minimum absolute atomic E-state index is 0.328. The predicted octanol–water partition coefficient (Wildman–Crippen LogP) is 3.68. The summed E-state index contributed by atoms with van der Waals surface area (Å²) in [6.45, 7) is 0.435. The molecule has 0 aliphatic rings. The molecule has 0 spiro atoms. The number of hydrogen-bond donors (Lipinski definition) is 1. The minimum Gasteiger partial charge on any atom is -0.467 e. The molecule has 15 heavy (non-hydrogen) atoms. The molecular formula is C11H9ClFNO. The van der Waals surface area contributed by atoms with Crippen LogP contribution in [0, 0.1) is 5.82 Å². The Morgan fingerprint density at radius 3 is 2.93 bits per heavy atom. The van der Waals surface area contributed by atoms with Crippen LogP contribution in [-0.2, 0) is 6.54 Å². The number of hydrogen-bond acceptors (Lipinski definition) is 2. The van der Waals surface area contributed by atoms with Crippen LogP contribution in [0.4, 0.5) is 10.1 Å². The van der Waals surface area contributed by atoms with E-state index in [1.165, 1.54) is 12.1 Å². The number of anilines is 1. The first-order valence-corrected chi connectivity index (χ1v) is 4.85. The molecular weight excluding hydrogens is 217 g/mol. The maximum absolute atomic E-state index is 13.2. The first kappa shape index (κ1) is 10.1. The third-order valence-corrected chi connectivity index (χ3v) is 2.20. The topological polar surface area (TPSA) is 25.2 Å². The fraction of sp³-hybridized carbons (Fsp3) is 0.0909. The fourth-order valence-corrected chi connectivity index (χ4v) is 1.40. The van der Waals surface area contributed by atoms with Crippen molar-refractivity contribution in [3.05, 3.63) is 53.2 Å². The first-order chi connectivity index (χ1) is 7.25. The van der Waals surface area contributed by atoms with Gasteiger partial charge in [0.25, 0.3) is 0 Å². The Morgan fingerprint density at radius 2 is 2.20 bits per heavy atom. The van der Waals surface area contributed by atoms with Gasteiger partial charge in [0.1, 0.15) is 11.6 Å². The SMILES string of the molecule is Fc1ccc(Cl)cc1NCc1ccco1. The molecule has 1 N–H and O–H groups in total. The minimum atomic E-state index is -0.328. The van der Waals surface area contributed by atoms with Gasteiger partial charge in [-0.2, -0.15) is 0 Å². The van der Waals surface area contributed by atoms with E-state index in [4.69, 9.17) is 16.0 Å². The monoisotopic (exact) mass is 225 g/mol. The van der Waals surface area contributed by atoms with Crippen molar-refractivity contribution in [2.24, 2.45) is 0 Å². The summed E-state index contributed by atoms with van der Waals surface area (Å²) in [5.41, 5.74) is 0.374. The van der Waals surface area contributed by atoms with E-state index in [1.54, 1.807) is 18.4 Å². The van der Waals surface area contributed by atoms with Gasteiger partial charge in [0.05, 0.1) is 18.5 Å². The summed E-state index contributed by atoms with van der Waals surface area (Å²) in [5.74, 6) is 0.417. The van der Waals surface area contributed by atoms with Gasteiger partial charge in [-0.3, -0.25) is 0 Å². The van der Waals surface area contributed by atoms with Crippen molar-refractivity contribution >= 4 is 17.3 Å². The Balaban J connectivity index is 2.07. The Bertz CT molecular complexity index is 442. The molecule has 0 atom stereocenters. The molecule has 4 heteroatoms. The maximum Gasteiger partial charge on any atom is 0.146 e. The summed E-state index contributed by atoms with van der Waals surface area (Å²) in [4.78, 5) is 0. The Kier molecular flexibility index (Phi) is 2.92. The zero-order chi connectivity index (χ0) is 10.7. The van der Waals surface area contributed by atoms with Crippen LogP contribution >= 0.6 is 11.6 Å². The molecule has 0 aliphatic carbocycles. The van der Waals surface area contributed by atoms with E-state index in [0.717, 1.165) is 5.76 Å². The van der Waals surface area contributed by atoms with Crippen LogP contribution in [0.1, 0.15) is 5.76 Å². The highest BCUT2D eigenvalue weighted by molar-refractivity contribution is 6.30. The molecule has 2 nitrogen and oxygen atoms in total. The van der Waals surface area contributed by atoms with Crippen molar-refractivity contribution in [2.45, 2.75) is 6.54 Å². The van der Waals surface area contributed by atoms with Gasteiger partial charge in [-0.25, -0.2) is 4.39 Å². The van der Waals surface area contributed by atoms with Gasteiger partial charge < -0.3 is 9.73 Å². The zero-order valence-electron chi connectivity index (χ0n) is 7.84. The summed E-state index contributed by atoms with van der Waals surface area (Å²) in [6.07, 6.45) is 1.57. The lowest BCUT2D eigenvalue weighted by molar-refractivity contribution is 0.517. The number of furan rings is 1. The normalized spacial score (nSPS) is 10.3. The predicted molar refractivity (Wildman–Crippen MR) is 57.4 cm³/mol. The Morgan fingerprint density at radius 1 is 1.33 bits per heavy atom. The summed E-state index contributed by atoms with van der Waals surface area (Å²) in [5, 5.41) is 3.40. The second-order valence-corrected chi connectivity index (χ2v) is 3.49. The van der Waals surface area contributed by atoms with Crippen LogP contribution in [0.15, 0.2) is 41.0 Å². The van der Waals surface area contributed by atoms with E-state index in [-0.39, 0.29) is 5.82 Å². The van der Waals surface area contributed by atoms with E-state index < -0.39 is 0 Å². The van der Waals surface area contributed by atoms with Gasteiger partial charge >= 0.3 is 0 Å². The molecule has 0 radical (unpaired) electrons. The zero-order valence-corrected chi connectivity index (χ0v) is 8.59. The fourth-order valence-electron chi connectivity index (χ4n) is 1.23. The molecule has 0 aliphatic heterocycles. The molecule has 1 aromatic carbocycles. The van der Waals surface area contributed by atoms with Gasteiger partial charge in [-0.05, 0) is 30.3 Å². The third kappa shape index (κ3) is 2.50. The first-order valence-electron chi connectivity index (χ1n) is 4.47. The largest absolute Gasteiger partial charge is 0.467 e. The van der Waals surface area contributed by atoms with Gasteiger partial charge in [-0.15, -0.1) is 0 Å². The Labute approximate surface area is 91.7 Å². The second-order valence-electron chi connectivity index (χ2n) is 3.06. The van der Waals surface area contributed by atoms with Gasteiger partial charge in [0.2, 0.25) is 0 Å². The lowest BCUT2D eigenvalue weighted by Gasteiger charge is -2.05. The molecule has 2 rings (SSSR count). The summed E-state index contributed by atoms with van der Waals surface area (Å²) in [6, 6.07) is 7.97. The van der Waals surface area contributed by atoms with Crippen molar-refractivity contribution in [1.82, 2.24) is 0 Å². The van der Waals surface area contributed by atoms with Crippen molar-refractivity contribution < 1.29 is 8.81 Å². The molecule has 0 saturated carbocycles. The van der Waals surface area contributed by atoms with Gasteiger partial charge in [-0.1, -0.05) is 11.6 Å². The third-order valence-electron chi connectivity index (χ3n) is 1.96. The molecule has 1 aromatic heterocycles. The van der Waals surface area contributed by atoms with Crippen LogP contribution < -0.4 is 5.32 Å². The molecule has 0 bridgehead atoms. The molecule has 2 aromatic rings. The van der Waals surface area contributed by atoms with Crippen molar-refractivity contribution in [1.29, 1.82) is 0 Å². The molecule has 0 unspecified atom stereocenters. The van der Waals surface area contributed by atoms with Crippen molar-refractivity contribution in [3.63, 3.8) is 0 Å². The van der Waals surface area contributed by atoms with Crippen molar-refractivity contribution in [2.75, 3.05) is 5.32 Å². The second kappa shape index (κ2) is 4.36. The highest BCUT2D eigenvalue weighted by Gasteiger charge is 2.03. The van der Waals surface area contributed by atoms with E-state index in [2.05, 4.69) is 5.32 Å². The van der Waals surface area contributed by atoms with Crippen LogP contribution in [-0.4, -0.2) is 0 Å². The van der Waals surface area contributed by atoms with E-state index in [1.807, 2.05) is 6.07 Å². The summed E-state index contributed by atoms with van der Waals surface area (Å²) in [7, 11) is 0. The smallest absolute Gasteiger partial charge is 0.146 e. The van der Waals surface area contributed by atoms with Crippen molar-refractivity contribution in [3.8, 4) is 0 Å². The number of rotatable bonds is 3. The highest BCUT2D eigenvalue weighted by Crippen LogP contribution is 2.20. The van der Waals surface area contributed by atoms with Gasteiger partial charge in [0, 0.05) is 5.02 Å². The molecule has 1 heterocycles. The van der Waals surface area contributed by atoms with Crippen LogP contribution in [0.2, 0.25) is 5.02 Å². The highest BCUT2D eigenvalue weighted by atomic mass is 35.5. The molecule has 0 amide bonds. The van der Waals surface area contributed by atoms with Crippen LogP contribution in [0.5, 0.6) is 0 Å². The quantitative estimate of drug-likeness (QED) is 0.862. The van der Waals surface area contributed by atoms with Gasteiger partial charge in [0.15, 0.2) is 0 Å². The molecule has 0 saturated heterocycles. The Hall–Kier alpha value is -1.48. The summed E-state index contributed by atoms with van der Waals surface area (Å²) >= 11 is 5.75. The lowest BCUT2D eigenvalue weighted by Crippen LogP contribution is -2.00. The lowest BCUT2D eigenvalue weighted by atomic mass is 10.3.